The summed E-state index contributed by atoms with van der Waals surface area (Å²) < 4.78 is 0. The number of carbonyl (C=O) groups is 1. The van der Waals surface area contributed by atoms with Gasteiger partial charge < -0.3 is 4.90 Å². The number of amides is 1. The molecule has 1 amide bonds. The van der Waals surface area contributed by atoms with Crippen LogP contribution in [0.4, 0.5) is 0 Å². The summed E-state index contributed by atoms with van der Waals surface area (Å²) in [6.45, 7) is 5.02. The fourth-order valence-corrected chi connectivity index (χ4v) is 3.52. The number of nitrogens with zero attached hydrogens (tertiary/aromatic N) is 3. The van der Waals surface area contributed by atoms with Crippen LogP contribution in [0.3, 0.4) is 0 Å². The van der Waals surface area contributed by atoms with Crippen molar-refractivity contribution in [1.29, 1.82) is 0 Å². The smallest absolute Gasteiger partial charge is 0.236 e. The number of carbonyl (C=O) groups excluding carboxylic acids is 1. The van der Waals surface area contributed by atoms with Crippen LogP contribution in [0.2, 0.25) is 0 Å². The maximum Gasteiger partial charge on any atom is 0.236 e. The highest BCUT2D eigenvalue weighted by Crippen LogP contribution is 2.22. The Morgan fingerprint density at radius 2 is 1.41 bits per heavy atom. The van der Waals surface area contributed by atoms with E-state index in [1.165, 1.54) is 11.8 Å². The lowest BCUT2D eigenvalue weighted by molar-refractivity contribution is -0.131. The molecule has 0 aliphatic carbocycles. The van der Waals surface area contributed by atoms with Crippen molar-refractivity contribution in [2.75, 3.05) is 0 Å². The molecule has 0 saturated carbocycles. The Labute approximate surface area is 164 Å². The molecule has 0 aliphatic heterocycles. The average molecular weight is 378 g/mol. The van der Waals surface area contributed by atoms with Crippen LogP contribution in [0.5, 0.6) is 0 Å². The number of aryl methyl sites for hydroxylation is 1. The molecule has 3 rings (SSSR count). The second-order valence-corrected chi connectivity index (χ2v) is 7.78. The van der Waals surface area contributed by atoms with Crippen LogP contribution in [0.25, 0.3) is 0 Å². The quantitative estimate of drug-likeness (QED) is 0.449. The van der Waals surface area contributed by atoms with Gasteiger partial charge >= 0.3 is 0 Å². The minimum atomic E-state index is -0.264. The minimum absolute atomic E-state index is 0.0804. The number of benzene rings is 2. The van der Waals surface area contributed by atoms with Crippen LogP contribution < -0.4 is 0 Å². The van der Waals surface area contributed by atoms with Gasteiger partial charge in [0.15, 0.2) is 5.16 Å². The summed E-state index contributed by atoms with van der Waals surface area (Å²) in [4.78, 5) is 23.7. The van der Waals surface area contributed by atoms with Gasteiger partial charge in [0.25, 0.3) is 0 Å². The van der Waals surface area contributed by atoms with Crippen molar-refractivity contribution in [2.45, 2.75) is 37.3 Å². The van der Waals surface area contributed by atoms with Gasteiger partial charge in [0.1, 0.15) is 0 Å². The molecule has 5 heteroatoms. The van der Waals surface area contributed by atoms with Crippen LogP contribution in [0.15, 0.2) is 78.2 Å². The molecular weight excluding hydrogens is 354 g/mol. The van der Waals surface area contributed by atoms with E-state index in [4.69, 9.17) is 0 Å². The summed E-state index contributed by atoms with van der Waals surface area (Å²) in [5.41, 5.74) is 3.24. The molecule has 1 atom stereocenters. The fraction of sp³-hybridized carbons (Fsp3) is 0.227. The van der Waals surface area contributed by atoms with Crippen molar-refractivity contribution in [1.82, 2.24) is 14.9 Å². The molecule has 0 aliphatic rings. The van der Waals surface area contributed by atoms with Gasteiger partial charge in [0.2, 0.25) is 5.91 Å². The normalized spacial score (nSPS) is 11.8. The van der Waals surface area contributed by atoms with Gasteiger partial charge in [0.05, 0.1) is 5.25 Å². The molecule has 2 aromatic carbocycles. The van der Waals surface area contributed by atoms with Gasteiger partial charge in [-0.2, -0.15) is 0 Å². The van der Waals surface area contributed by atoms with Crippen LogP contribution in [-0.4, -0.2) is 26.0 Å². The lowest BCUT2D eigenvalue weighted by Gasteiger charge is -2.26. The Bertz CT molecular complexity index is 812. The molecule has 1 unspecified atom stereocenters. The minimum Gasteiger partial charge on any atom is -0.333 e. The summed E-state index contributed by atoms with van der Waals surface area (Å²) in [5, 5.41) is 0.362. The Balaban J connectivity index is 1.75. The molecule has 4 nitrogen and oxygen atoms in total. The summed E-state index contributed by atoms with van der Waals surface area (Å²) in [6, 6.07) is 20.2. The second kappa shape index (κ2) is 9.33. The topological polar surface area (TPSA) is 46.1 Å². The third-order valence-electron chi connectivity index (χ3n) is 4.13. The van der Waals surface area contributed by atoms with Gasteiger partial charge in [-0.3, -0.25) is 4.79 Å². The van der Waals surface area contributed by atoms with Crippen LogP contribution in [0.1, 0.15) is 23.6 Å². The number of hydrogen-bond acceptors (Lipinski definition) is 4. The monoisotopic (exact) mass is 377 g/mol. The summed E-state index contributed by atoms with van der Waals surface area (Å²) >= 11 is 1.40. The van der Waals surface area contributed by atoms with Crippen LogP contribution in [-0.2, 0) is 17.9 Å². The lowest BCUT2D eigenvalue weighted by atomic mass is 10.1. The zero-order valence-electron chi connectivity index (χ0n) is 15.6. The molecule has 0 saturated heterocycles. The van der Waals surface area contributed by atoms with Crippen molar-refractivity contribution < 1.29 is 4.79 Å². The molecule has 27 heavy (non-hydrogen) atoms. The zero-order chi connectivity index (χ0) is 19.1. The molecule has 0 bridgehead atoms. The van der Waals surface area contributed by atoms with Crippen LogP contribution in [0, 0.1) is 6.92 Å². The maximum absolute atomic E-state index is 13.2. The highest BCUT2D eigenvalue weighted by molar-refractivity contribution is 8.00. The number of rotatable bonds is 7. The Hall–Kier alpha value is -2.66. The van der Waals surface area contributed by atoms with Crippen molar-refractivity contribution in [3.63, 3.8) is 0 Å². The van der Waals surface area contributed by atoms with Crippen molar-refractivity contribution in [3.05, 3.63) is 89.7 Å². The van der Waals surface area contributed by atoms with Gasteiger partial charge in [-0.25, -0.2) is 9.97 Å². The standard InChI is InChI=1S/C22H23N3OS/c1-17-13-23-22(24-14-17)27-18(2)21(26)25(15-19-9-5-3-6-10-19)16-20-11-7-4-8-12-20/h3-14,18H,15-16H2,1-2H3. The average Bonchev–Trinajstić information content (AvgIpc) is 2.70. The molecule has 138 valence electrons. The Kier molecular flexibility index (Phi) is 6.60. The summed E-state index contributed by atoms with van der Waals surface area (Å²) in [5.74, 6) is 0.0804. The molecule has 0 fully saturated rings. The summed E-state index contributed by atoms with van der Waals surface area (Å²) in [6.07, 6.45) is 3.55. The number of thioether (sulfide) groups is 1. The molecular formula is C22H23N3OS. The predicted molar refractivity (Wildman–Crippen MR) is 109 cm³/mol. The molecule has 0 N–H and O–H groups in total. The molecule has 1 heterocycles. The third-order valence-corrected chi connectivity index (χ3v) is 5.11. The zero-order valence-corrected chi connectivity index (χ0v) is 16.4. The SMILES string of the molecule is Cc1cnc(SC(C)C(=O)N(Cc2ccccc2)Cc2ccccc2)nc1. The van der Waals surface area contributed by atoms with E-state index in [9.17, 15) is 4.79 Å². The first-order valence-electron chi connectivity index (χ1n) is 8.94. The van der Waals surface area contributed by atoms with Crippen molar-refractivity contribution in [3.8, 4) is 0 Å². The Morgan fingerprint density at radius 1 is 0.926 bits per heavy atom. The lowest BCUT2D eigenvalue weighted by Crippen LogP contribution is -2.35. The highest BCUT2D eigenvalue weighted by Gasteiger charge is 2.23. The van der Waals surface area contributed by atoms with Crippen molar-refractivity contribution >= 4 is 17.7 Å². The third kappa shape index (κ3) is 5.66. The van der Waals surface area contributed by atoms with Gasteiger partial charge in [-0.1, -0.05) is 72.4 Å². The van der Waals surface area contributed by atoms with Gasteiger partial charge in [0, 0.05) is 25.5 Å². The number of aromatic nitrogens is 2. The van der Waals surface area contributed by atoms with E-state index in [2.05, 4.69) is 9.97 Å². The largest absolute Gasteiger partial charge is 0.333 e. The van der Waals surface area contributed by atoms with E-state index in [-0.39, 0.29) is 11.2 Å². The first kappa shape index (κ1) is 19.1. The van der Waals surface area contributed by atoms with Gasteiger partial charge in [-0.05, 0) is 30.5 Å². The van der Waals surface area contributed by atoms with E-state index >= 15 is 0 Å². The van der Waals surface area contributed by atoms with E-state index < -0.39 is 0 Å². The van der Waals surface area contributed by atoms with Gasteiger partial charge in [-0.15, -0.1) is 0 Å². The van der Waals surface area contributed by atoms with E-state index in [1.807, 2.05) is 79.4 Å². The predicted octanol–water partition coefficient (Wildman–Crippen LogP) is 4.49. The molecule has 0 spiro atoms. The molecule has 1 aromatic heterocycles. The van der Waals surface area contributed by atoms with Crippen LogP contribution >= 0.6 is 11.8 Å². The molecule has 0 radical (unpaired) electrons. The molecule has 3 aromatic rings. The van der Waals surface area contributed by atoms with Crippen molar-refractivity contribution in [2.24, 2.45) is 0 Å². The van der Waals surface area contributed by atoms with E-state index in [0.717, 1.165) is 16.7 Å². The first-order chi connectivity index (χ1) is 13.1. The Morgan fingerprint density at radius 3 is 1.89 bits per heavy atom. The van der Waals surface area contributed by atoms with E-state index in [1.54, 1.807) is 12.4 Å². The fourth-order valence-electron chi connectivity index (χ4n) is 2.73. The highest BCUT2D eigenvalue weighted by atomic mass is 32.2. The van der Waals surface area contributed by atoms with E-state index in [0.29, 0.717) is 18.2 Å². The second-order valence-electron chi connectivity index (χ2n) is 6.47. The maximum atomic E-state index is 13.2. The number of hydrogen-bond donors (Lipinski definition) is 0. The first-order valence-corrected chi connectivity index (χ1v) is 9.82. The summed E-state index contributed by atoms with van der Waals surface area (Å²) in [7, 11) is 0.